The minimum atomic E-state index is -0.696. The maximum absolute atomic E-state index is 11.4. The van der Waals surface area contributed by atoms with E-state index in [1.54, 1.807) is 6.07 Å². The first-order valence-corrected chi connectivity index (χ1v) is 5.51. The second-order valence-corrected chi connectivity index (χ2v) is 3.99. The molecular formula is C10H9ClN6O2. The summed E-state index contributed by atoms with van der Waals surface area (Å²) >= 11 is 5.82. The first-order chi connectivity index (χ1) is 8.97. The van der Waals surface area contributed by atoms with Crippen molar-refractivity contribution in [1.82, 2.24) is 19.9 Å². The lowest BCUT2D eigenvalue weighted by molar-refractivity contribution is -0.116. The van der Waals surface area contributed by atoms with Crippen LogP contribution in [0.5, 0.6) is 0 Å². The van der Waals surface area contributed by atoms with Crippen molar-refractivity contribution in [3.8, 4) is 11.5 Å². The van der Waals surface area contributed by atoms with Crippen LogP contribution in [0.25, 0.3) is 11.5 Å². The van der Waals surface area contributed by atoms with E-state index in [0.29, 0.717) is 15.7 Å². The standard InChI is InChI=1S/C10H9ClN6O2/c1-5(18)17(12)9-14-8(15-10(19)16-9)7-4-6(11)2-3-13-7/h2-4H,12H2,1H3,(H,14,15,16,19). The summed E-state index contributed by atoms with van der Waals surface area (Å²) in [5.74, 6) is 4.84. The van der Waals surface area contributed by atoms with E-state index in [2.05, 4.69) is 19.9 Å². The Labute approximate surface area is 112 Å². The molecule has 0 bridgehead atoms. The van der Waals surface area contributed by atoms with Crippen LogP contribution in [0.1, 0.15) is 6.92 Å². The van der Waals surface area contributed by atoms with Crippen molar-refractivity contribution in [2.45, 2.75) is 6.92 Å². The molecule has 9 heteroatoms. The molecule has 0 aromatic carbocycles. The highest BCUT2D eigenvalue weighted by Gasteiger charge is 2.13. The maximum Gasteiger partial charge on any atom is 0.349 e. The van der Waals surface area contributed by atoms with Crippen molar-refractivity contribution in [1.29, 1.82) is 0 Å². The maximum atomic E-state index is 11.4. The number of pyridine rings is 1. The van der Waals surface area contributed by atoms with Crippen LogP contribution in [0.2, 0.25) is 5.02 Å². The molecule has 19 heavy (non-hydrogen) atoms. The molecule has 0 aliphatic carbocycles. The van der Waals surface area contributed by atoms with Gasteiger partial charge in [-0.3, -0.25) is 14.8 Å². The number of rotatable bonds is 2. The first kappa shape index (κ1) is 13.1. The van der Waals surface area contributed by atoms with E-state index in [-0.39, 0.29) is 11.8 Å². The highest BCUT2D eigenvalue weighted by molar-refractivity contribution is 6.30. The van der Waals surface area contributed by atoms with Crippen LogP contribution in [0, 0.1) is 0 Å². The zero-order chi connectivity index (χ0) is 14.0. The smallest absolute Gasteiger partial charge is 0.288 e. The predicted octanol–water partition coefficient (Wildman–Crippen LogP) is 0.107. The molecule has 2 aromatic rings. The number of halogens is 1. The van der Waals surface area contributed by atoms with Crippen molar-refractivity contribution in [3.63, 3.8) is 0 Å². The van der Waals surface area contributed by atoms with Crippen molar-refractivity contribution < 1.29 is 4.79 Å². The summed E-state index contributed by atoms with van der Waals surface area (Å²) in [4.78, 5) is 36.4. The molecule has 0 aliphatic heterocycles. The van der Waals surface area contributed by atoms with E-state index < -0.39 is 11.6 Å². The number of anilines is 1. The summed E-state index contributed by atoms with van der Waals surface area (Å²) in [5, 5.41) is 1.10. The molecule has 0 saturated heterocycles. The molecule has 2 aromatic heterocycles. The zero-order valence-corrected chi connectivity index (χ0v) is 10.5. The average molecular weight is 281 g/mol. The Morgan fingerprint density at radius 1 is 1.47 bits per heavy atom. The summed E-state index contributed by atoms with van der Waals surface area (Å²) < 4.78 is 0. The fraction of sp³-hybridized carbons (Fsp3) is 0.100. The van der Waals surface area contributed by atoms with Gasteiger partial charge in [0.15, 0.2) is 5.82 Å². The zero-order valence-electron chi connectivity index (χ0n) is 9.79. The van der Waals surface area contributed by atoms with Gasteiger partial charge in [0.2, 0.25) is 5.91 Å². The molecule has 98 valence electrons. The van der Waals surface area contributed by atoms with Gasteiger partial charge >= 0.3 is 5.69 Å². The van der Waals surface area contributed by atoms with E-state index in [9.17, 15) is 9.59 Å². The number of H-pyrrole nitrogens is 1. The van der Waals surface area contributed by atoms with E-state index >= 15 is 0 Å². The van der Waals surface area contributed by atoms with Gasteiger partial charge in [-0.25, -0.2) is 15.6 Å². The van der Waals surface area contributed by atoms with Gasteiger partial charge in [0.05, 0.1) is 0 Å². The SMILES string of the molecule is CC(=O)N(N)c1nc(-c2cc(Cl)ccn2)[nH]c(=O)n1. The molecule has 0 spiro atoms. The van der Waals surface area contributed by atoms with Crippen molar-refractivity contribution in [2.24, 2.45) is 5.84 Å². The average Bonchev–Trinajstić information content (AvgIpc) is 2.37. The van der Waals surface area contributed by atoms with Crippen LogP contribution < -0.4 is 16.5 Å². The monoisotopic (exact) mass is 280 g/mol. The Kier molecular flexibility index (Phi) is 3.54. The Balaban J connectivity index is 2.54. The van der Waals surface area contributed by atoms with E-state index in [1.807, 2.05) is 0 Å². The summed E-state index contributed by atoms with van der Waals surface area (Å²) in [6, 6.07) is 3.09. The number of amides is 1. The van der Waals surface area contributed by atoms with Crippen LogP contribution in [0.4, 0.5) is 5.95 Å². The summed E-state index contributed by atoms with van der Waals surface area (Å²) in [6.45, 7) is 1.22. The van der Waals surface area contributed by atoms with Gasteiger partial charge in [-0.2, -0.15) is 9.97 Å². The van der Waals surface area contributed by atoms with Gasteiger partial charge in [0.1, 0.15) is 5.69 Å². The fourth-order valence-electron chi connectivity index (χ4n) is 1.28. The molecule has 1 amide bonds. The number of hydrogen-bond donors (Lipinski definition) is 2. The quantitative estimate of drug-likeness (QED) is 0.458. The molecule has 3 N–H and O–H groups in total. The highest BCUT2D eigenvalue weighted by Crippen LogP contribution is 2.16. The van der Waals surface area contributed by atoms with Crippen molar-refractivity contribution >= 4 is 23.5 Å². The number of hydrazine groups is 1. The van der Waals surface area contributed by atoms with Gasteiger partial charge in [0.25, 0.3) is 5.95 Å². The van der Waals surface area contributed by atoms with Gasteiger partial charge in [0, 0.05) is 18.1 Å². The van der Waals surface area contributed by atoms with Gasteiger partial charge in [-0.1, -0.05) is 11.6 Å². The Hall–Kier alpha value is -2.32. The number of aromatic amines is 1. The molecule has 2 rings (SSSR count). The van der Waals surface area contributed by atoms with E-state index in [0.717, 1.165) is 0 Å². The second-order valence-electron chi connectivity index (χ2n) is 3.55. The molecule has 0 radical (unpaired) electrons. The second kappa shape index (κ2) is 5.12. The van der Waals surface area contributed by atoms with Crippen LogP contribution in [0.3, 0.4) is 0 Å². The number of nitrogens with one attached hydrogen (secondary N) is 1. The molecule has 0 aliphatic rings. The number of nitrogens with zero attached hydrogens (tertiary/aromatic N) is 4. The Bertz CT molecular complexity index is 686. The van der Waals surface area contributed by atoms with E-state index in [4.69, 9.17) is 17.4 Å². The third kappa shape index (κ3) is 2.92. The van der Waals surface area contributed by atoms with E-state index in [1.165, 1.54) is 19.2 Å². The lowest BCUT2D eigenvalue weighted by Gasteiger charge is -2.11. The first-order valence-electron chi connectivity index (χ1n) is 5.13. The summed E-state index contributed by atoms with van der Waals surface area (Å²) in [7, 11) is 0. The van der Waals surface area contributed by atoms with Gasteiger partial charge < -0.3 is 0 Å². The lowest BCUT2D eigenvalue weighted by atomic mass is 10.3. The van der Waals surface area contributed by atoms with Crippen molar-refractivity contribution in [3.05, 3.63) is 33.8 Å². The van der Waals surface area contributed by atoms with Crippen LogP contribution in [0.15, 0.2) is 23.1 Å². The normalized spacial score (nSPS) is 10.3. The third-order valence-electron chi connectivity index (χ3n) is 2.16. The predicted molar refractivity (Wildman–Crippen MR) is 68.2 cm³/mol. The summed E-state index contributed by atoms with van der Waals surface area (Å²) in [6.07, 6.45) is 1.46. The summed E-state index contributed by atoms with van der Waals surface area (Å²) in [5.41, 5.74) is -0.358. The topological polar surface area (TPSA) is 118 Å². The lowest BCUT2D eigenvalue weighted by Crippen LogP contribution is -2.38. The molecule has 8 nitrogen and oxygen atoms in total. The molecule has 0 unspecified atom stereocenters. The Morgan fingerprint density at radius 2 is 2.21 bits per heavy atom. The van der Waals surface area contributed by atoms with Gasteiger partial charge in [-0.15, -0.1) is 0 Å². The number of carbonyl (C=O) groups is 1. The number of carbonyl (C=O) groups excluding carboxylic acids is 1. The van der Waals surface area contributed by atoms with Crippen LogP contribution in [-0.2, 0) is 4.79 Å². The third-order valence-corrected chi connectivity index (χ3v) is 2.39. The molecular weight excluding hydrogens is 272 g/mol. The number of aromatic nitrogens is 4. The number of nitrogens with two attached hydrogens (primary N) is 1. The number of hydrogen-bond acceptors (Lipinski definition) is 6. The largest absolute Gasteiger partial charge is 0.349 e. The van der Waals surface area contributed by atoms with Crippen molar-refractivity contribution in [2.75, 3.05) is 5.01 Å². The van der Waals surface area contributed by atoms with Crippen LogP contribution in [-0.4, -0.2) is 25.8 Å². The van der Waals surface area contributed by atoms with Crippen LogP contribution >= 0.6 is 11.6 Å². The molecule has 0 saturated carbocycles. The Morgan fingerprint density at radius 3 is 2.84 bits per heavy atom. The minimum Gasteiger partial charge on any atom is -0.288 e. The fourth-order valence-corrected chi connectivity index (χ4v) is 1.44. The molecule has 0 fully saturated rings. The minimum absolute atomic E-state index is 0.120. The molecule has 2 heterocycles. The van der Waals surface area contributed by atoms with Gasteiger partial charge in [-0.05, 0) is 12.1 Å². The molecule has 0 atom stereocenters. The highest BCUT2D eigenvalue weighted by atomic mass is 35.5.